The van der Waals surface area contributed by atoms with Crippen LogP contribution in [0.25, 0.3) is 11.2 Å². The first-order valence-electron chi connectivity index (χ1n) is 12.4. The van der Waals surface area contributed by atoms with E-state index in [0.29, 0.717) is 26.0 Å². The first kappa shape index (κ1) is 30.3. The molecule has 0 aliphatic heterocycles. The van der Waals surface area contributed by atoms with E-state index in [9.17, 15) is 26.7 Å². The fraction of sp³-hybridized carbons (Fsp3) is 0.385. The zero-order valence-corrected chi connectivity index (χ0v) is 24.4. The van der Waals surface area contributed by atoms with Gasteiger partial charge >= 0.3 is 6.18 Å². The number of thioether (sulfide) groups is 1. The maximum absolute atomic E-state index is 15.2. The summed E-state index contributed by atoms with van der Waals surface area (Å²) in [4.78, 5) is 21.9. The van der Waals surface area contributed by atoms with Crippen LogP contribution in [0.15, 0.2) is 38.4 Å². The normalized spacial score (nSPS) is 18.8. The quantitative estimate of drug-likeness (QED) is 0.165. The fourth-order valence-corrected chi connectivity index (χ4v) is 6.02. The van der Waals surface area contributed by atoms with E-state index in [1.807, 2.05) is 0 Å². The van der Waals surface area contributed by atoms with Gasteiger partial charge in [-0.2, -0.15) is 27.1 Å². The van der Waals surface area contributed by atoms with E-state index in [1.165, 1.54) is 18.7 Å². The highest BCUT2D eigenvalue weighted by atomic mass is 79.9. The molecular weight excluding hydrogens is 659 g/mol. The fourth-order valence-electron chi connectivity index (χ4n) is 5.09. The maximum Gasteiger partial charge on any atom is 0.435 e. The van der Waals surface area contributed by atoms with Gasteiger partial charge in [0.1, 0.15) is 29.4 Å². The molecule has 1 aliphatic rings. The third-order valence-corrected chi connectivity index (χ3v) is 8.35. The number of aromatic nitrogens is 4. The summed E-state index contributed by atoms with van der Waals surface area (Å²) in [7, 11) is 0. The summed E-state index contributed by atoms with van der Waals surface area (Å²) in [6, 6.07) is 3.15. The number of benzene rings is 1. The van der Waals surface area contributed by atoms with E-state index in [1.54, 1.807) is 12.3 Å². The Kier molecular flexibility index (Phi) is 7.83. The summed E-state index contributed by atoms with van der Waals surface area (Å²) >= 11 is 4.56. The van der Waals surface area contributed by atoms with Gasteiger partial charge in [-0.25, -0.2) is 18.7 Å². The van der Waals surface area contributed by atoms with Crippen molar-refractivity contribution in [3.8, 4) is 0 Å². The molecule has 1 amide bonds. The number of carbonyl (C=O) groups excluding carboxylic acids is 1. The van der Waals surface area contributed by atoms with Crippen LogP contribution in [0.4, 0.5) is 30.7 Å². The molecule has 5 rings (SSSR count). The number of halogens is 8. The molecular formula is C26H21BrF7N5O2S. The molecule has 0 saturated heterocycles. The van der Waals surface area contributed by atoms with Crippen molar-refractivity contribution in [1.29, 1.82) is 0 Å². The molecule has 3 atom stereocenters. The number of pyridine rings is 1. The van der Waals surface area contributed by atoms with Gasteiger partial charge < -0.3 is 9.73 Å². The summed E-state index contributed by atoms with van der Waals surface area (Å²) in [6.07, 6.45) is -3.53. The average Bonchev–Trinajstić information content (AvgIpc) is 3.51. The molecule has 0 unspecified atom stereocenters. The molecule has 3 aromatic heterocycles. The Morgan fingerprint density at radius 1 is 1.17 bits per heavy atom. The van der Waals surface area contributed by atoms with E-state index >= 15 is 8.78 Å². The van der Waals surface area contributed by atoms with E-state index in [2.05, 4.69) is 36.3 Å². The van der Waals surface area contributed by atoms with E-state index in [0.717, 1.165) is 19.1 Å². The Bertz CT molecular complexity index is 1670. The van der Waals surface area contributed by atoms with Gasteiger partial charge in [-0.05, 0) is 58.3 Å². The third kappa shape index (κ3) is 5.50. The van der Waals surface area contributed by atoms with Crippen molar-refractivity contribution in [2.24, 2.45) is 5.92 Å². The second-order valence-electron chi connectivity index (χ2n) is 9.93. The predicted molar refractivity (Wildman–Crippen MR) is 141 cm³/mol. The van der Waals surface area contributed by atoms with Crippen LogP contribution in [0.1, 0.15) is 54.0 Å². The zero-order valence-electron chi connectivity index (χ0n) is 22.0. The summed E-state index contributed by atoms with van der Waals surface area (Å²) < 4.78 is 106. The monoisotopic (exact) mass is 679 g/mol. The highest BCUT2D eigenvalue weighted by Gasteiger charge is 2.57. The molecule has 7 nitrogen and oxygen atoms in total. The average molecular weight is 680 g/mol. The molecule has 0 fully saturated rings. The molecule has 16 heteroatoms. The topological polar surface area (TPSA) is 85.8 Å². The highest BCUT2D eigenvalue weighted by molar-refractivity contribution is 9.10. The molecule has 0 radical (unpaired) electrons. The molecule has 42 heavy (non-hydrogen) atoms. The van der Waals surface area contributed by atoms with Crippen molar-refractivity contribution in [3.05, 3.63) is 68.6 Å². The minimum atomic E-state index is -5.03. The number of nitrogens with one attached hydrogen (secondary N) is 1. The molecule has 0 spiro atoms. The van der Waals surface area contributed by atoms with Gasteiger partial charge in [-0.15, -0.1) is 0 Å². The lowest BCUT2D eigenvalue weighted by atomic mass is 9.94. The Morgan fingerprint density at radius 2 is 1.83 bits per heavy atom. The van der Waals surface area contributed by atoms with E-state index < -0.39 is 71.0 Å². The molecule has 1 aromatic carbocycles. The van der Waals surface area contributed by atoms with Crippen molar-refractivity contribution in [2.45, 2.75) is 56.1 Å². The largest absolute Gasteiger partial charge is 0.435 e. The number of amides is 1. The van der Waals surface area contributed by atoms with Crippen LogP contribution in [0.3, 0.4) is 0 Å². The Morgan fingerprint density at radius 3 is 2.45 bits per heavy atom. The molecule has 0 bridgehead atoms. The number of nitrogens with zero attached hydrogens (tertiary/aromatic N) is 4. The predicted octanol–water partition coefficient (Wildman–Crippen LogP) is 7.15. The smallest absolute Gasteiger partial charge is 0.412 e. The Hall–Kier alpha value is -3.14. The van der Waals surface area contributed by atoms with Crippen LogP contribution in [0.5, 0.6) is 0 Å². The van der Waals surface area contributed by atoms with Crippen molar-refractivity contribution in [2.75, 3.05) is 6.26 Å². The lowest BCUT2D eigenvalue weighted by Crippen LogP contribution is -2.35. The first-order chi connectivity index (χ1) is 19.6. The van der Waals surface area contributed by atoms with Crippen molar-refractivity contribution in [1.82, 2.24) is 25.1 Å². The standard InChI is InChI=1S/C26H21BrF7N5O2S/c1-10-11(2)25(30,31)22-19(10)21(26(32,33)34)38-39(22)9-18(40)35-16(6-12-4-13(28)7-14(29)5-12)20-15(27)8-17-23(37-20)41-24(36-17)42-3/h4-5,7-8,10-11,16H,6,9H2,1-3H3,(H,35,40)/t10-,11+,16-/m0/s1. The number of hydrogen-bond donors (Lipinski definition) is 1. The molecule has 3 heterocycles. The lowest BCUT2D eigenvalue weighted by Gasteiger charge is -2.22. The van der Waals surface area contributed by atoms with Crippen LogP contribution < -0.4 is 5.32 Å². The van der Waals surface area contributed by atoms with Gasteiger partial charge in [0.05, 0.1) is 11.7 Å². The van der Waals surface area contributed by atoms with Gasteiger partial charge in [0.2, 0.25) is 11.6 Å². The van der Waals surface area contributed by atoms with Gasteiger partial charge in [-0.3, -0.25) is 9.48 Å². The summed E-state index contributed by atoms with van der Waals surface area (Å²) in [5.41, 5.74) is -2.39. The number of hydrogen-bond acceptors (Lipinski definition) is 6. The molecule has 1 N–H and O–H groups in total. The number of alkyl halides is 5. The lowest BCUT2D eigenvalue weighted by molar-refractivity contribution is -0.143. The molecule has 4 aromatic rings. The van der Waals surface area contributed by atoms with Crippen LogP contribution in [-0.2, 0) is 29.9 Å². The van der Waals surface area contributed by atoms with E-state index in [-0.39, 0.29) is 23.4 Å². The van der Waals surface area contributed by atoms with E-state index in [4.69, 9.17) is 4.42 Å². The summed E-state index contributed by atoms with van der Waals surface area (Å²) in [5.74, 6) is -9.06. The second kappa shape index (κ2) is 10.8. The van der Waals surface area contributed by atoms with Crippen molar-refractivity contribution >= 4 is 44.8 Å². The second-order valence-corrected chi connectivity index (χ2v) is 11.5. The first-order valence-corrected chi connectivity index (χ1v) is 14.4. The van der Waals surface area contributed by atoms with Gasteiger partial charge in [-0.1, -0.05) is 25.6 Å². The minimum Gasteiger partial charge on any atom is -0.412 e. The van der Waals surface area contributed by atoms with Crippen molar-refractivity contribution < 1.29 is 39.9 Å². The molecule has 224 valence electrons. The number of fused-ring (bicyclic) bond motifs is 2. The van der Waals surface area contributed by atoms with Gasteiger partial charge in [0.15, 0.2) is 5.69 Å². The summed E-state index contributed by atoms with van der Waals surface area (Å²) in [5, 5.41) is 6.23. The molecule has 1 aliphatic carbocycles. The number of carbonyl (C=O) groups is 1. The number of rotatable bonds is 7. The summed E-state index contributed by atoms with van der Waals surface area (Å²) in [6.45, 7) is 1.40. The Labute approximate surface area is 246 Å². The maximum atomic E-state index is 15.2. The number of oxazole rings is 1. The van der Waals surface area contributed by atoms with Crippen LogP contribution in [0.2, 0.25) is 0 Å². The molecule has 0 saturated carbocycles. The van der Waals surface area contributed by atoms with Gasteiger partial charge in [0.25, 0.3) is 11.1 Å². The van der Waals surface area contributed by atoms with Crippen LogP contribution >= 0.6 is 27.7 Å². The highest BCUT2D eigenvalue weighted by Crippen LogP contribution is 2.55. The minimum absolute atomic E-state index is 0.0876. The van der Waals surface area contributed by atoms with Crippen LogP contribution in [-0.4, -0.2) is 31.9 Å². The van der Waals surface area contributed by atoms with Crippen molar-refractivity contribution in [3.63, 3.8) is 0 Å². The van der Waals surface area contributed by atoms with Gasteiger partial charge in [0, 0.05) is 22.0 Å². The zero-order chi connectivity index (χ0) is 30.7. The third-order valence-electron chi connectivity index (χ3n) is 7.19. The Balaban J connectivity index is 1.53. The van der Waals surface area contributed by atoms with Crippen LogP contribution in [0, 0.1) is 17.6 Å². The SMILES string of the molecule is CSc1nc2cc(Br)c([C@H](Cc3cc(F)cc(F)c3)NC(=O)Cn3nc(C(F)(F)F)c4c3C(F)(F)[C@H](C)[C@@H]4C)nc2o1.